The van der Waals surface area contributed by atoms with Crippen LogP contribution in [0.3, 0.4) is 0 Å². The zero-order valence-electron chi connectivity index (χ0n) is 9.24. The lowest BCUT2D eigenvalue weighted by molar-refractivity contribution is 0.386. The van der Waals surface area contributed by atoms with Crippen LogP contribution in [0.2, 0.25) is 0 Å². The molecule has 1 aromatic rings. The van der Waals surface area contributed by atoms with E-state index in [0.717, 1.165) is 18.3 Å². The normalized spacial score (nSPS) is 12.8. The van der Waals surface area contributed by atoms with Crippen LogP contribution in [0.15, 0.2) is 43.0 Å². The lowest BCUT2D eigenvalue weighted by Gasteiger charge is -2.19. The average molecular weight is 188 g/mol. The van der Waals surface area contributed by atoms with Crippen LogP contribution in [-0.2, 0) is 6.42 Å². The van der Waals surface area contributed by atoms with Gasteiger partial charge >= 0.3 is 0 Å². The van der Waals surface area contributed by atoms with Crippen LogP contribution < -0.4 is 0 Å². The van der Waals surface area contributed by atoms with Gasteiger partial charge in [-0.25, -0.2) is 0 Å². The molecule has 0 bridgehead atoms. The van der Waals surface area contributed by atoms with Gasteiger partial charge in [0.1, 0.15) is 0 Å². The minimum absolute atomic E-state index is 0.730. The van der Waals surface area contributed by atoms with Crippen molar-refractivity contribution in [2.24, 2.45) is 11.8 Å². The monoisotopic (exact) mass is 188 g/mol. The molecule has 0 heterocycles. The van der Waals surface area contributed by atoms with Crippen LogP contribution in [0, 0.1) is 11.8 Å². The van der Waals surface area contributed by atoms with E-state index in [-0.39, 0.29) is 0 Å². The van der Waals surface area contributed by atoms with Gasteiger partial charge in [0.2, 0.25) is 0 Å². The predicted molar refractivity (Wildman–Crippen MR) is 63.3 cm³/mol. The molecule has 1 rings (SSSR count). The summed E-state index contributed by atoms with van der Waals surface area (Å²) in [6.07, 6.45) is 4.32. The van der Waals surface area contributed by atoms with Crippen LogP contribution in [0.4, 0.5) is 0 Å². The highest BCUT2D eigenvalue weighted by Gasteiger charge is 2.11. The number of hydrogen-bond acceptors (Lipinski definition) is 0. The van der Waals surface area contributed by atoms with Crippen LogP contribution in [-0.4, -0.2) is 0 Å². The second-order valence-corrected chi connectivity index (χ2v) is 4.22. The van der Waals surface area contributed by atoms with Gasteiger partial charge in [-0.15, -0.1) is 6.58 Å². The summed E-state index contributed by atoms with van der Waals surface area (Å²) in [5, 5.41) is 0. The van der Waals surface area contributed by atoms with Crippen molar-refractivity contribution < 1.29 is 0 Å². The standard InChI is InChI=1S/C14H20/c1-4-8-14(12(2)3)11-13-9-6-5-7-10-13/h4-7,9-10,12,14H,1,8,11H2,2-3H3/t14-/m1/s1. The molecule has 0 fully saturated rings. The Bertz CT molecular complexity index is 259. The van der Waals surface area contributed by atoms with Crippen LogP contribution >= 0.6 is 0 Å². The summed E-state index contributed by atoms with van der Waals surface area (Å²) in [4.78, 5) is 0. The van der Waals surface area contributed by atoms with Crippen molar-refractivity contribution in [2.75, 3.05) is 0 Å². The van der Waals surface area contributed by atoms with Crippen LogP contribution in [0.1, 0.15) is 25.8 Å². The quantitative estimate of drug-likeness (QED) is 0.611. The fourth-order valence-corrected chi connectivity index (χ4v) is 1.72. The molecule has 14 heavy (non-hydrogen) atoms. The first kappa shape index (κ1) is 11.0. The fraction of sp³-hybridized carbons (Fsp3) is 0.429. The third kappa shape index (κ3) is 3.37. The first-order chi connectivity index (χ1) is 6.74. The van der Waals surface area contributed by atoms with Gasteiger partial charge in [0, 0.05) is 0 Å². The predicted octanol–water partition coefficient (Wildman–Crippen LogP) is 4.08. The molecular formula is C14H20. The molecule has 0 heteroatoms. The molecule has 0 nitrogen and oxygen atoms in total. The molecule has 76 valence electrons. The van der Waals surface area contributed by atoms with Crippen molar-refractivity contribution in [1.82, 2.24) is 0 Å². The molecule has 0 aliphatic rings. The van der Waals surface area contributed by atoms with Crippen LogP contribution in [0.25, 0.3) is 0 Å². The van der Waals surface area contributed by atoms with Gasteiger partial charge in [0.05, 0.1) is 0 Å². The lowest BCUT2D eigenvalue weighted by atomic mass is 9.87. The number of hydrogen-bond donors (Lipinski definition) is 0. The summed E-state index contributed by atoms with van der Waals surface area (Å²) >= 11 is 0. The third-order valence-corrected chi connectivity index (χ3v) is 2.75. The van der Waals surface area contributed by atoms with E-state index in [1.165, 1.54) is 12.0 Å². The zero-order chi connectivity index (χ0) is 10.4. The largest absolute Gasteiger partial charge is 0.103 e. The van der Waals surface area contributed by atoms with E-state index in [4.69, 9.17) is 0 Å². The van der Waals surface area contributed by atoms with Crippen molar-refractivity contribution in [3.63, 3.8) is 0 Å². The second kappa shape index (κ2) is 5.64. The van der Waals surface area contributed by atoms with Gasteiger partial charge in [-0.05, 0) is 30.2 Å². The zero-order valence-corrected chi connectivity index (χ0v) is 9.24. The Morgan fingerprint density at radius 1 is 1.21 bits per heavy atom. The second-order valence-electron chi connectivity index (χ2n) is 4.22. The summed E-state index contributed by atoms with van der Waals surface area (Å²) < 4.78 is 0. The lowest BCUT2D eigenvalue weighted by Crippen LogP contribution is -2.10. The van der Waals surface area contributed by atoms with Crippen molar-refractivity contribution in [3.05, 3.63) is 48.6 Å². The van der Waals surface area contributed by atoms with Gasteiger partial charge in [-0.3, -0.25) is 0 Å². The third-order valence-electron chi connectivity index (χ3n) is 2.75. The molecule has 1 atom stereocenters. The van der Waals surface area contributed by atoms with Crippen molar-refractivity contribution in [2.45, 2.75) is 26.7 Å². The summed E-state index contributed by atoms with van der Waals surface area (Å²) in [6, 6.07) is 10.7. The molecule has 0 amide bonds. The Labute approximate surface area is 87.7 Å². The highest BCUT2D eigenvalue weighted by atomic mass is 14.2. The molecule has 0 unspecified atom stereocenters. The summed E-state index contributed by atoms with van der Waals surface area (Å²) in [7, 11) is 0. The molecule has 0 aromatic heterocycles. The van der Waals surface area contributed by atoms with E-state index in [1.54, 1.807) is 0 Å². The fourth-order valence-electron chi connectivity index (χ4n) is 1.72. The topological polar surface area (TPSA) is 0 Å². The SMILES string of the molecule is C=CC[C@H](Cc1ccccc1)C(C)C. The van der Waals surface area contributed by atoms with E-state index >= 15 is 0 Å². The Kier molecular flexibility index (Phi) is 4.45. The number of rotatable bonds is 5. The molecule has 0 spiro atoms. The van der Waals surface area contributed by atoms with Crippen LogP contribution in [0.5, 0.6) is 0 Å². The first-order valence-corrected chi connectivity index (χ1v) is 5.39. The average Bonchev–Trinajstić information content (AvgIpc) is 2.18. The van der Waals surface area contributed by atoms with Gasteiger partial charge in [0.25, 0.3) is 0 Å². The Morgan fingerprint density at radius 2 is 1.86 bits per heavy atom. The molecule has 0 N–H and O–H groups in total. The smallest absolute Gasteiger partial charge is 0.0245 e. The Balaban J connectivity index is 2.60. The van der Waals surface area contributed by atoms with Gasteiger partial charge in [-0.1, -0.05) is 50.3 Å². The van der Waals surface area contributed by atoms with Gasteiger partial charge in [-0.2, -0.15) is 0 Å². The van der Waals surface area contributed by atoms with Crippen molar-refractivity contribution in [3.8, 4) is 0 Å². The Hall–Kier alpha value is -1.04. The number of allylic oxidation sites excluding steroid dienone is 1. The molecule has 0 saturated carbocycles. The Morgan fingerprint density at radius 3 is 2.36 bits per heavy atom. The van der Waals surface area contributed by atoms with E-state index in [1.807, 2.05) is 6.08 Å². The molecule has 1 aromatic carbocycles. The minimum atomic E-state index is 0.730. The highest BCUT2D eigenvalue weighted by Crippen LogP contribution is 2.20. The summed E-state index contributed by atoms with van der Waals surface area (Å²) in [6.45, 7) is 8.40. The van der Waals surface area contributed by atoms with Gasteiger partial charge < -0.3 is 0 Å². The molecule has 0 saturated heterocycles. The molecular weight excluding hydrogens is 168 g/mol. The van der Waals surface area contributed by atoms with Gasteiger partial charge in [0.15, 0.2) is 0 Å². The summed E-state index contributed by atoms with van der Waals surface area (Å²) in [5.41, 5.74) is 1.44. The molecule has 0 radical (unpaired) electrons. The molecule has 0 aliphatic carbocycles. The van der Waals surface area contributed by atoms with E-state index in [9.17, 15) is 0 Å². The number of benzene rings is 1. The van der Waals surface area contributed by atoms with Crippen molar-refractivity contribution >= 4 is 0 Å². The maximum absolute atomic E-state index is 3.82. The minimum Gasteiger partial charge on any atom is -0.103 e. The van der Waals surface area contributed by atoms with Crippen molar-refractivity contribution in [1.29, 1.82) is 0 Å². The maximum Gasteiger partial charge on any atom is -0.0245 e. The first-order valence-electron chi connectivity index (χ1n) is 5.39. The van der Waals surface area contributed by atoms with E-state index < -0.39 is 0 Å². The van der Waals surface area contributed by atoms with E-state index in [0.29, 0.717) is 0 Å². The van der Waals surface area contributed by atoms with E-state index in [2.05, 4.69) is 50.8 Å². The highest BCUT2D eigenvalue weighted by molar-refractivity contribution is 5.15. The maximum atomic E-state index is 3.82. The molecule has 0 aliphatic heterocycles. The summed E-state index contributed by atoms with van der Waals surface area (Å²) in [5.74, 6) is 1.46.